The van der Waals surface area contributed by atoms with Crippen LogP contribution in [0, 0.1) is 11.3 Å². The predicted molar refractivity (Wildman–Crippen MR) is 52.9 cm³/mol. The van der Waals surface area contributed by atoms with Gasteiger partial charge < -0.3 is 5.73 Å². The highest BCUT2D eigenvalue weighted by Crippen LogP contribution is 2.23. The van der Waals surface area contributed by atoms with Crippen molar-refractivity contribution in [2.24, 2.45) is 5.73 Å². The van der Waals surface area contributed by atoms with E-state index < -0.39 is 27.2 Å². The quantitative estimate of drug-likeness (QED) is 0.685. The zero-order valence-corrected chi connectivity index (χ0v) is 9.20. The Hall–Kier alpha value is -1.13. The van der Waals surface area contributed by atoms with E-state index in [2.05, 4.69) is 0 Å². The van der Waals surface area contributed by atoms with Gasteiger partial charge in [-0.2, -0.15) is 9.57 Å². The van der Waals surface area contributed by atoms with E-state index in [9.17, 15) is 13.2 Å². The van der Waals surface area contributed by atoms with Crippen LogP contribution in [0.1, 0.15) is 19.8 Å². The maximum Gasteiger partial charge on any atom is 0.235 e. The summed E-state index contributed by atoms with van der Waals surface area (Å²) in [6.45, 7) is 1.56. The van der Waals surface area contributed by atoms with Crippen LogP contribution in [0.2, 0.25) is 0 Å². The predicted octanol–water partition coefficient (Wildman–Crippen LogP) is -0.822. The molecule has 1 aliphatic rings. The lowest BCUT2D eigenvalue weighted by molar-refractivity contribution is -0.121. The normalized spacial score (nSPS) is 24.7. The van der Waals surface area contributed by atoms with Gasteiger partial charge in [0.1, 0.15) is 6.04 Å². The molecule has 2 atom stereocenters. The average molecular weight is 231 g/mol. The molecule has 0 saturated carbocycles. The molecule has 1 heterocycles. The summed E-state index contributed by atoms with van der Waals surface area (Å²) in [6.07, 6.45) is 1.04. The molecule has 1 amide bonds. The molecule has 0 aromatic rings. The molecule has 0 radical (unpaired) electrons. The average Bonchev–Trinajstić information content (AvgIpc) is 2.65. The Labute approximate surface area is 88.7 Å². The highest BCUT2D eigenvalue weighted by atomic mass is 32.2. The minimum atomic E-state index is -3.71. The number of primary amides is 1. The SMILES string of the molecule is CC(C#N)S(=O)(=O)N1CCCC1C(N)=O. The van der Waals surface area contributed by atoms with Crippen LogP contribution < -0.4 is 5.73 Å². The molecule has 84 valence electrons. The number of nitrogens with two attached hydrogens (primary N) is 1. The van der Waals surface area contributed by atoms with E-state index >= 15 is 0 Å². The first-order chi connectivity index (χ1) is 6.91. The molecule has 1 aliphatic heterocycles. The van der Waals surface area contributed by atoms with Gasteiger partial charge in [0, 0.05) is 6.54 Å². The van der Waals surface area contributed by atoms with E-state index in [4.69, 9.17) is 11.0 Å². The second kappa shape index (κ2) is 4.16. The molecule has 1 rings (SSSR count). The maximum absolute atomic E-state index is 11.8. The molecular weight excluding hydrogens is 218 g/mol. The minimum absolute atomic E-state index is 0.266. The lowest BCUT2D eigenvalue weighted by atomic mass is 10.2. The van der Waals surface area contributed by atoms with Gasteiger partial charge in [0.2, 0.25) is 15.9 Å². The van der Waals surface area contributed by atoms with Crippen LogP contribution in [0.15, 0.2) is 0 Å². The fourth-order valence-corrected chi connectivity index (χ4v) is 3.09. The number of rotatable bonds is 3. The summed E-state index contributed by atoms with van der Waals surface area (Å²) in [7, 11) is -3.71. The van der Waals surface area contributed by atoms with Crippen molar-refractivity contribution < 1.29 is 13.2 Å². The van der Waals surface area contributed by atoms with E-state index in [0.29, 0.717) is 12.8 Å². The Morgan fingerprint density at radius 3 is 2.73 bits per heavy atom. The highest BCUT2D eigenvalue weighted by molar-refractivity contribution is 7.90. The number of sulfonamides is 1. The zero-order valence-electron chi connectivity index (χ0n) is 8.38. The van der Waals surface area contributed by atoms with Crippen LogP contribution in [-0.4, -0.2) is 36.5 Å². The topological polar surface area (TPSA) is 104 Å². The number of carbonyl (C=O) groups excluding carboxylic acids is 1. The van der Waals surface area contributed by atoms with Gasteiger partial charge in [0.25, 0.3) is 0 Å². The number of hydrogen-bond acceptors (Lipinski definition) is 4. The number of hydrogen-bond donors (Lipinski definition) is 1. The van der Waals surface area contributed by atoms with Gasteiger partial charge in [0.05, 0.1) is 6.07 Å². The third kappa shape index (κ3) is 2.11. The van der Waals surface area contributed by atoms with Gasteiger partial charge in [-0.3, -0.25) is 4.79 Å². The third-order valence-corrected chi connectivity index (χ3v) is 4.58. The van der Waals surface area contributed by atoms with Crippen LogP contribution in [0.5, 0.6) is 0 Å². The van der Waals surface area contributed by atoms with Crippen LogP contribution in [0.4, 0.5) is 0 Å². The van der Waals surface area contributed by atoms with Gasteiger partial charge in [0.15, 0.2) is 5.25 Å². The van der Waals surface area contributed by atoms with Crippen LogP contribution in [0.3, 0.4) is 0 Å². The van der Waals surface area contributed by atoms with Crippen molar-refractivity contribution in [1.29, 1.82) is 5.26 Å². The smallest absolute Gasteiger partial charge is 0.235 e. The Morgan fingerprint density at radius 1 is 1.67 bits per heavy atom. The molecular formula is C8H13N3O3S. The van der Waals surface area contributed by atoms with Crippen LogP contribution in [0.25, 0.3) is 0 Å². The van der Waals surface area contributed by atoms with Gasteiger partial charge in [-0.25, -0.2) is 8.42 Å². The van der Waals surface area contributed by atoms with Crippen molar-refractivity contribution in [2.75, 3.05) is 6.54 Å². The number of carbonyl (C=O) groups is 1. The van der Waals surface area contributed by atoms with Gasteiger partial charge in [-0.05, 0) is 19.8 Å². The van der Waals surface area contributed by atoms with Gasteiger partial charge in [-0.15, -0.1) is 0 Å². The molecule has 0 aliphatic carbocycles. The van der Waals surface area contributed by atoms with E-state index in [-0.39, 0.29) is 6.54 Å². The Kier molecular flexibility index (Phi) is 3.31. The summed E-state index contributed by atoms with van der Waals surface area (Å²) in [5.41, 5.74) is 5.10. The van der Waals surface area contributed by atoms with E-state index in [0.717, 1.165) is 4.31 Å². The van der Waals surface area contributed by atoms with Crippen molar-refractivity contribution in [3.8, 4) is 6.07 Å². The molecule has 0 spiro atoms. The Morgan fingerprint density at radius 2 is 2.27 bits per heavy atom. The fourth-order valence-electron chi connectivity index (χ4n) is 1.60. The molecule has 7 heteroatoms. The monoisotopic (exact) mass is 231 g/mol. The minimum Gasteiger partial charge on any atom is -0.368 e. The van der Waals surface area contributed by atoms with Crippen molar-refractivity contribution in [2.45, 2.75) is 31.1 Å². The number of nitrogens with zero attached hydrogens (tertiary/aromatic N) is 2. The lowest BCUT2D eigenvalue weighted by Gasteiger charge is -2.22. The van der Waals surface area contributed by atoms with Gasteiger partial charge in [-0.1, -0.05) is 0 Å². The summed E-state index contributed by atoms with van der Waals surface area (Å²) in [5.74, 6) is -0.652. The third-order valence-electron chi connectivity index (χ3n) is 2.49. The van der Waals surface area contributed by atoms with Crippen LogP contribution in [-0.2, 0) is 14.8 Å². The first-order valence-electron chi connectivity index (χ1n) is 4.61. The van der Waals surface area contributed by atoms with Crippen molar-refractivity contribution >= 4 is 15.9 Å². The summed E-state index contributed by atoms with van der Waals surface area (Å²) in [6, 6.07) is 0.874. The Bertz CT molecular complexity index is 398. The first-order valence-corrected chi connectivity index (χ1v) is 6.11. The largest absolute Gasteiger partial charge is 0.368 e. The summed E-state index contributed by atoms with van der Waals surface area (Å²) >= 11 is 0. The number of amides is 1. The first kappa shape index (κ1) is 11.9. The molecule has 1 fully saturated rings. The second-order valence-electron chi connectivity index (χ2n) is 3.49. The highest BCUT2D eigenvalue weighted by Gasteiger charge is 2.40. The van der Waals surface area contributed by atoms with Crippen molar-refractivity contribution in [3.63, 3.8) is 0 Å². The lowest BCUT2D eigenvalue weighted by Crippen LogP contribution is -2.46. The molecule has 1 saturated heterocycles. The molecule has 0 bridgehead atoms. The van der Waals surface area contributed by atoms with E-state index in [1.807, 2.05) is 0 Å². The molecule has 6 nitrogen and oxygen atoms in total. The zero-order chi connectivity index (χ0) is 11.6. The molecule has 15 heavy (non-hydrogen) atoms. The van der Waals surface area contributed by atoms with Crippen molar-refractivity contribution in [3.05, 3.63) is 0 Å². The fraction of sp³-hybridized carbons (Fsp3) is 0.750. The molecule has 2 N–H and O–H groups in total. The van der Waals surface area contributed by atoms with Crippen LogP contribution >= 0.6 is 0 Å². The summed E-state index contributed by atoms with van der Waals surface area (Å²) < 4.78 is 24.6. The molecule has 2 unspecified atom stereocenters. The molecule has 0 aromatic heterocycles. The molecule has 0 aromatic carbocycles. The number of nitriles is 1. The van der Waals surface area contributed by atoms with E-state index in [1.54, 1.807) is 6.07 Å². The van der Waals surface area contributed by atoms with E-state index in [1.165, 1.54) is 6.92 Å². The van der Waals surface area contributed by atoms with Gasteiger partial charge >= 0.3 is 0 Å². The summed E-state index contributed by atoms with van der Waals surface area (Å²) in [4.78, 5) is 11.0. The maximum atomic E-state index is 11.8. The summed E-state index contributed by atoms with van der Waals surface area (Å²) in [5, 5.41) is 7.44. The Balaban J connectivity index is 2.98. The standard InChI is InChI=1S/C8H13N3O3S/c1-6(5-9)15(13,14)11-4-2-3-7(11)8(10)12/h6-7H,2-4H2,1H3,(H2,10,12). The second-order valence-corrected chi connectivity index (χ2v) is 5.69. The van der Waals surface area contributed by atoms with Crippen molar-refractivity contribution in [1.82, 2.24) is 4.31 Å².